The van der Waals surface area contributed by atoms with Crippen LogP contribution >= 0.6 is 0 Å². The number of halogens is 1. The number of primary amides is 1. The summed E-state index contributed by atoms with van der Waals surface area (Å²) in [6.07, 6.45) is 1.34. The van der Waals surface area contributed by atoms with Gasteiger partial charge in [-0.3, -0.25) is 9.69 Å². The summed E-state index contributed by atoms with van der Waals surface area (Å²) in [5.41, 5.74) is 6.16. The molecule has 152 valence electrons. The summed E-state index contributed by atoms with van der Waals surface area (Å²) in [6, 6.07) is 6.97. The van der Waals surface area contributed by atoms with E-state index < -0.39 is 15.9 Å². The number of hydrogen-bond acceptors (Lipinski definition) is 5. The van der Waals surface area contributed by atoms with Gasteiger partial charge in [-0.1, -0.05) is 12.1 Å². The van der Waals surface area contributed by atoms with Gasteiger partial charge in [-0.2, -0.15) is 0 Å². The number of nitrogens with one attached hydrogen (secondary N) is 1. The summed E-state index contributed by atoms with van der Waals surface area (Å²) in [4.78, 5) is 13.4. The van der Waals surface area contributed by atoms with Crippen LogP contribution in [0.5, 0.6) is 0 Å². The quantitative estimate of drug-likeness (QED) is 0.696. The Morgan fingerprint density at radius 2 is 1.93 bits per heavy atom. The molecule has 28 heavy (non-hydrogen) atoms. The second kappa shape index (κ2) is 8.39. The molecule has 10 heteroatoms. The largest absolute Gasteiger partial charge is 0.379 e. The van der Waals surface area contributed by atoms with Crippen molar-refractivity contribution in [2.24, 2.45) is 12.8 Å². The van der Waals surface area contributed by atoms with E-state index in [1.807, 2.05) is 0 Å². The van der Waals surface area contributed by atoms with Gasteiger partial charge in [-0.25, -0.2) is 17.5 Å². The molecule has 1 fully saturated rings. The lowest BCUT2D eigenvalue weighted by molar-refractivity contribution is 0.0172. The molecule has 1 aromatic heterocycles. The van der Waals surface area contributed by atoms with Crippen molar-refractivity contribution in [3.63, 3.8) is 0 Å². The number of sulfonamides is 1. The number of aryl methyl sites for hydroxylation is 1. The Balaban J connectivity index is 1.81. The molecule has 2 aromatic rings. The van der Waals surface area contributed by atoms with E-state index >= 15 is 0 Å². The first-order valence-electron chi connectivity index (χ1n) is 8.81. The number of hydrogen-bond donors (Lipinski definition) is 2. The fourth-order valence-electron chi connectivity index (χ4n) is 3.23. The maximum absolute atomic E-state index is 13.3. The second-order valence-electron chi connectivity index (χ2n) is 6.60. The highest BCUT2D eigenvalue weighted by Gasteiger charge is 2.26. The van der Waals surface area contributed by atoms with Gasteiger partial charge < -0.3 is 15.0 Å². The fraction of sp³-hybridized carbons (Fsp3) is 0.389. The molecule has 1 aliphatic rings. The molecule has 0 aliphatic carbocycles. The molecular formula is C18H23FN4O4S. The Labute approximate surface area is 163 Å². The zero-order chi connectivity index (χ0) is 20.3. The minimum atomic E-state index is -3.86. The van der Waals surface area contributed by atoms with Crippen LogP contribution in [0.2, 0.25) is 0 Å². The third-order valence-corrected chi connectivity index (χ3v) is 6.14. The first kappa shape index (κ1) is 20.5. The number of carbonyl (C=O) groups excluding carboxylic acids is 1. The van der Waals surface area contributed by atoms with Gasteiger partial charge in [0.1, 0.15) is 16.4 Å². The van der Waals surface area contributed by atoms with Gasteiger partial charge in [0, 0.05) is 38.9 Å². The molecule has 1 atom stereocenters. The first-order valence-corrected chi connectivity index (χ1v) is 10.3. The zero-order valence-corrected chi connectivity index (χ0v) is 16.3. The predicted octanol–water partition coefficient (Wildman–Crippen LogP) is 0.615. The topological polar surface area (TPSA) is 107 Å². The lowest BCUT2D eigenvalue weighted by Crippen LogP contribution is -2.43. The minimum absolute atomic E-state index is 0.0383. The number of benzene rings is 1. The summed E-state index contributed by atoms with van der Waals surface area (Å²) >= 11 is 0. The molecule has 1 amide bonds. The molecule has 0 saturated carbocycles. The van der Waals surface area contributed by atoms with Gasteiger partial charge in [0.05, 0.1) is 13.2 Å². The molecule has 1 aromatic carbocycles. The third-order valence-electron chi connectivity index (χ3n) is 4.75. The molecule has 1 unspecified atom stereocenters. The first-order chi connectivity index (χ1) is 13.3. The standard InChI is InChI=1S/C18H23FN4O4S/c1-22-12-15(10-16(22)18(20)24)28(25,26)21-11-17(23-6-8-27-9-7-23)13-2-4-14(19)5-3-13/h2-5,10,12,17,21H,6-9,11H2,1H3,(H2,20,24). The Hall–Kier alpha value is -2.27. The van der Waals surface area contributed by atoms with E-state index in [-0.39, 0.29) is 29.0 Å². The summed E-state index contributed by atoms with van der Waals surface area (Å²) in [7, 11) is -2.31. The second-order valence-corrected chi connectivity index (χ2v) is 8.37. The van der Waals surface area contributed by atoms with Gasteiger partial charge in [0.15, 0.2) is 0 Å². The number of amides is 1. The molecule has 3 rings (SSSR count). The van der Waals surface area contributed by atoms with E-state index in [0.29, 0.717) is 26.3 Å². The molecule has 3 N–H and O–H groups in total. The van der Waals surface area contributed by atoms with E-state index in [1.165, 1.54) is 29.0 Å². The molecule has 0 spiro atoms. The Morgan fingerprint density at radius 3 is 2.50 bits per heavy atom. The summed E-state index contributed by atoms with van der Waals surface area (Å²) < 4.78 is 48.1. The number of ether oxygens (including phenoxy) is 1. The SMILES string of the molecule is Cn1cc(S(=O)(=O)NCC(c2ccc(F)cc2)N2CCOCC2)cc1C(N)=O. The lowest BCUT2D eigenvalue weighted by Gasteiger charge is -2.34. The monoisotopic (exact) mass is 410 g/mol. The number of nitrogens with zero attached hydrogens (tertiary/aromatic N) is 2. The van der Waals surface area contributed by atoms with E-state index in [4.69, 9.17) is 10.5 Å². The van der Waals surface area contributed by atoms with Crippen LogP contribution in [0.25, 0.3) is 0 Å². The smallest absolute Gasteiger partial charge is 0.265 e. The van der Waals surface area contributed by atoms with Crippen molar-refractivity contribution < 1.29 is 22.3 Å². The van der Waals surface area contributed by atoms with Crippen LogP contribution < -0.4 is 10.5 Å². The zero-order valence-electron chi connectivity index (χ0n) is 15.5. The van der Waals surface area contributed by atoms with Gasteiger partial charge in [-0.05, 0) is 23.8 Å². The van der Waals surface area contributed by atoms with Crippen LogP contribution in [0.15, 0.2) is 41.4 Å². The highest BCUT2D eigenvalue weighted by Crippen LogP contribution is 2.23. The summed E-state index contributed by atoms with van der Waals surface area (Å²) in [6.45, 7) is 2.47. The van der Waals surface area contributed by atoms with Crippen LogP contribution in [0.1, 0.15) is 22.1 Å². The number of morpholine rings is 1. The average molecular weight is 410 g/mol. The van der Waals surface area contributed by atoms with Crippen LogP contribution in [0, 0.1) is 5.82 Å². The number of aromatic nitrogens is 1. The highest BCUT2D eigenvalue weighted by molar-refractivity contribution is 7.89. The van der Waals surface area contributed by atoms with Crippen molar-refractivity contribution in [3.05, 3.63) is 53.6 Å². The Kier molecular flexibility index (Phi) is 6.14. The van der Waals surface area contributed by atoms with Crippen LogP contribution in [-0.4, -0.2) is 56.6 Å². The van der Waals surface area contributed by atoms with Crippen LogP contribution in [-0.2, 0) is 21.8 Å². The molecule has 8 nitrogen and oxygen atoms in total. The molecule has 1 aliphatic heterocycles. The third kappa shape index (κ3) is 4.58. The van der Waals surface area contributed by atoms with Gasteiger partial charge in [-0.15, -0.1) is 0 Å². The van der Waals surface area contributed by atoms with Crippen LogP contribution in [0.3, 0.4) is 0 Å². The Bertz CT molecular complexity index is 937. The molecular weight excluding hydrogens is 387 g/mol. The van der Waals surface area contributed by atoms with E-state index in [1.54, 1.807) is 19.2 Å². The van der Waals surface area contributed by atoms with Crippen molar-refractivity contribution in [1.29, 1.82) is 0 Å². The van der Waals surface area contributed by atoms with Crippen molar-refractivity contribution in [2.45, 2.75) is 10.9 Å². The van der Waals surface area contributed by atoms with Gasteiger partial charge >= 0.3 is 0 Å². The van der Waals surface area contributed by atoms with Crippen molar-refractivity contribution in [1.82, 2.24) is 14.2 Å². The van der Waals surface area contributed by atoms with Crippen molar-refractivity contribution in [2.75, 3.05) is 32.8 Å². The number of rotatable bonds is 7. The lowest BCUT2D eigenvalue weighted by atomic mass is 10.0. The number of carbonyl (C=O) groups is 1. The average Bonchev–Trinajstić information content (AvgIpc) is 3.07. The molecule has 0 radical (unpaired) electrons. The fourth-order valence-corrected chi connectivity index (χ4v) is 4.34. The van der Waals surface area contributed by atoms with Crippen LogP contribution in [0.4, 0.5) is 4.39 Å². The molecule has 2 heterocycles. The maximum Gasteiger partial charge on any atom is 0.265 e. The number of nitrogens with two attached hydrogens (primary N) is 1. The minimum Gasteiger partial charge on any atom is -0.379 e. The van der Waals surface area contributed by atoms with Crippen molar-refractivity contribution >= 4 is 15.9 Å². The summed E-state index contributed by atoms with van der Waals surface area (Å²) in [5.74, 6) is -1.06. The van der Waals surface area contributed by atoms with Gasteiger partial charge in [0.25, 0.3) is 5.91 Å². The molecule has 1 saturated heterocycles. The van der Waals surface area contributed by atoms with E-state index in [2.05, 4.69) is 9.62 Å². The van der Waals surface area contributed by atoms with Gasteiger partial charge in [0.2, 0.25) is 10.0 Å². The maximum atomic E-state index is 13.3. The molecule has 0 bridgehead atoms. The van der Waals surface area contributed by atoms with Crippen molar-refractivity contribution in [3.8, 4) is 0 Å². The highest BCUT2D eigenvalue weighted by atomic mass is 32.2. The normalized spacial score (nSPS) is 16.8. The summed E-state index contributed by atoms with van der Waals surface area (Å²) in [5, 5.41) is 0. The van der Waals surface area contributed by atoms with E-state index in [9.17, 15) is 17.6 Å². The van der Waals surface area contributed by atoms with E-state index in [0.717, 1.165) is 5.56 Å². The Morgan fingerprint density at radius 1 is 1.29 bits per heavy atom. The predicted molar refractivity (Wildman–Crippen MR) is 101 cm³/mol.